The maximum atomic E-state index is 13.4. The van der Waals surface area contributed by atoms with Crippen LogP contribution in [0.4, 0.5) is 5.82 Å². The van der Waals surface area contributed by atoms with Crippen LogP contribution in [0.1, 0.15) is 39.7 Å². The van der Waals surface area contributed by atoms with E-state index in [9.17, 15) is 23.4 Å². The Labute approximate surface area is 226 Å². The Hall–Kier alpha value is -2.30. The number of nitrogens with one attached hydrogen (secondary N) is 2. The molecule has 4 rings (SSSR count). The van der Waals surface area contributed by atoms with Crippen molar-refractivity contribution in [1.82, 2.24) is 14.7 Å². The molecule has 198 valence electrons. The van der Waals surface area contributed by atoms with Crippen molar-refractivity contribution in [2.75, 3.05) is 12.4 Å². The van der Waals surface area contributed by atoms with E-state index in [4.69, 9.17) is 9.92 Å². The molecule has 0 unspecified atom stereocenters. The fraction of sp³-hybridized carbons (Fsp3) is 0.348. The van der Waals surface area contributed by atoms with Crippen LogP contribution in [0.3, 0.4) is 0 Å². The molecule has 11 nitrogen and oxygen atoms in total. The van der Waals surface area contributed by atoms with E-state index >= 15 is 0 Å². The normalized spacial score (nSPS) is 23.5. The van der Waals surface area contributed by atoms with Gasteiger partial charge in [0.25, 0.3) is 0 Å². The highest BCUT2D eigenvalue weighted by Gasteiger charge is 2.44. The van der Waals surface area contributed by atoms with Gasteiger partial charge in [-0.1, -0.05) is 28.1 Å². The van der Waals surface area contributed by atoms with E-state index in [0.717, 1.165) is 15.6 Å². The number of aliphatic hydroxyl groups is 2. The van der Waals surface area contributed by atoms with Crippen LogP contribution in [0.2, 0.25) is 0 Å². The fourth-order valence-corrected chi connectivity index (χ4v) is 6.06. The molecular weight excluding hydrogens is 586 g/mol. The SMILES string of the molecule is CNS(=O)(=O)O[C@@H]1C[C@@H](Nc2ncncc2C(=O)c2cc([C@@](C)(N)c3cccc(Br)c3)cs2)[C@H](O)[C@H]1O. The summed E-state index contributed by atoms with van der Waals surface area (Å²) < 4.78 is 31.3. The Morgan fingerprint density at radius 2 is 2.03 bits per heavy atom. The predicted octanol–water partition coefficient (Wildman–Crippen LogP) is 1.51. The number of carbonyl (C=O) groups is 1. The minimum absolute atomic E-state index is 0.0534. The van der Waals surface area contributed by atoms with Crippen LogP contribution in [0.15, 0.2) is 52.7 Å². The lowest BCUT2D eigenvalue weighted by molar-refractivity contribution is -0.00882. The molecule has 0 saturated heterocycles. The zero-order valence-corrected chi connectivity index (χ0v) is 23.0. The van der Waals surface area contributed by atoms with Gasteiger partial charge in [-0.2, -0.15) is 13.1 Å². The lowest BCUT2D eigenvalue weighted by Gasteiger charge is -2.24. The maximum Gasteiger partial charge on any atom is 0.335 e. The van der Waals surface area contributed by atoms with Crippen LogP contribution in [0.25, 0.3) is 0 Å². The molecule has 0 radical (unpaired) electrons. The topological polar surface area (TPSA) is 177 Å². The number of halogens is 1. The van der Waals surface area contributed by atoms with Crippen LogP contribution in [-0.4, -0.2) is 65.8 Å². The van der Waals surface area contributed by atoms with E-state index in [1.54, 1.807) is 6.07 Å². The summed E-state index contributed by atoms with van der Waals surface area (Å²) in [5.74, 6) is -0.228. The molecule has 5 atom stereocenters. The second kappa shape index (κ2) is 10.8. The molecule has 2 heterocycles. The van der Waals surface area contributed by atoms with Crippen LogP contribution < -0.4 is 15.8 Å². The summed E-state index contributed by atoms with van der Waals surface area (Å²) in [5, 5.41) is 25.5. The van der Waals surface area contributed by atoms with Crippen molar-refractivity contribution < 1.29 is 27.6 Å². The summed E-state index contributed by atoms with van der Waals surface area (Å²) in [5.41, 5.74) is 7.56. The van der Waals surface area contributed by atoms with E-state index in [1.165, 1.54) is 30.9 Å². The number of nitrogens with two attached hydrogens (primary N) is 1. The Morgan fingerprint density at radius 1 is 1.27 bits per heavy atom. The summed E-state index contributed by atoms with van der Waals surface area (Å²) >= 11 is 4.69. The molecule has 1 aliphatic rings. The minimum Gasteiger partial charge on any atom is -0.388 e. The minimum atomic E-state index is -4.09. The number of hydrogen-bond donors (Lipinski definition) is 5. The Morgan fingerprint density at radius 3 is 2.73 bits per heavy atom. The zero-order chi connectivity index (χ0) is 27.0. The molecule has 1 aliphatic carbocycles. The van der Waals surface area contributed by atoms with Gasteiger partial charge in [0.15, 0.2) is 0 Å². The number of ketones is 1. The van der Waals surface area contributed by atoms with Crippen molar-refractivity contribution in [2.24, 2.45) is 5.73 Å². The number of aliphatic hydroxyl groups excluding tert-OH is 2. The second-order valence-electron chi connectivity index (χ2n) is 8.79. The summed E-state index contributed by atoms with van der Waals surface area (Å²) in [7, 11) is -2.92. The molecule has 2 aromatic heterocycles. The number of aromatic nitrogens is 2. The Kier molecular flexibility index (Phi) is 8.11. The van der Waals surface area contributed by atoms with Gasteiger partial charge in [-0.05, 0) is 41.6 Å². The van der Waals surface area contributed by atoms with Crippen molar-refractivity contribution >= 4 is 49.2 Å². The summed E-state index contributed by atoms with van der Waals surface area (Å²) in [6.45, 7) is 1.86. The van der Waals surface area contributed by atoms with Gasteiger partial charge < -0.3 is 21.3 Å². The van der Waals surface area contributed by atoms with E-state index < -0.39 is 40.2 Å². The number of carbonyl (C=O) groups excluding carboxylic acids is 1. The van der Waals surface area contributed by atoms with Gasteiger partial charge in [0, 0.05) is 24.1 Å². The van der Waals surface area contributed by atoms with Gasteiger partial charge in [0.2, 0.25) is 5.78 Å². The highest BCUT2D eigenvalue weighted by molar-refractivity contribution is 9.10. The van der Waals surface area contributed by atoms with Crippen molar-refractivity contribution in [1.29, 1.82) is 0 Å². The number of benzene rings is 1. The number of anilines is 1. The average molecular weight is 613 g/mol. The molecule has 3 aromatic rings. The van der Waals surface area contributed by atoms with Gasteiger partial charge >= 0.3 is 10.3 Å². The highest BCUT2D eigenvalue weighted by Crippen LogP contribution is 2.33. The first-order valence-electron chi connectivity index (χ1n) is 11.2. The fourth-order valence-electron chi connectivity index (χ4n) is 4.06. The predicted molar refractivity (Wildman–Crippen MR) is 141 cm³/mol. The summed E-state index contributed by atoms with van der Waals surface area (Å²) in [6, 6.07) is 8.52. The van der Waals surface area contributed by atoms with E-state index in [1.807, 2.05) is 41.3 Å². The number of nitrogens with zero attached hydrogens (tertiary/aromatic N) is 2. The quantitative estimate of drug-likeness (QED) is 0.223. The van der Waals surface area contributed by atoms with Crippen molar-refractivity contribution in [3.63, 3.8) is 0 Å². The van der Waals surface area contributed by atoms with Gasteiger partial charge in [0.05, 0.1) is 22.0 Å². The Balaban J connectivity index is 1.55. The number of rotatable bonds is 9. The first-order valence-corrected chi connectivity index (χ1v) is 14.2. The lowest BCUT2D eigenvalue weighted by atomic mass is 9.87. The monoisotopic (exact) mass is 611 g/mol. The molecule has 0 amide bonds. The van der Waals surface area contributed by atoms with Crippen molar-refractivity contribution in [2.45, 2.75) is 43.2 Å². The van der Waals surface area contributed by atoms with E-state index in [-0.39, 0.29) is 23.6 Å². The molecule has 14 heteroatoms. The molecule has 37 heavy (non-hydrogen) atoms. The van der Waals surface area contributed by atoms with Crippen molar-refractivity contribution in [3.8, 4) is 0 Å². The summed E-state index contributed by atoms with van der Waals surface area (Å²) in [6.07, 6.45) is -1.49. The van der Waals surface area contributed by atoms with Gasteiger partial charge in [-0.25, -0.2) is 9.97 Å². The Bertz CT molecular complexity index is 1400. The highest BCUT2D eigenvalue weighted by atomic mass is 79.9. The average Bonchev–Trinajstić information content (AvgIpc) is 3.46. The smallest absolute Gasteiger partial charge is 0.335 e. The molecule has 1 fully saturated rings. The molecular formula is C23H26BrN5O6S2. The standard InChI is InChI=1S/C23H26BrN5O6S2/c1-23(25,12-4-3-5-14(24)6-12)13-7-18(36-10-13)19(30)15-9-27-11-28-22(15)29-16-8-17(21(32)20(16)31)35-37(33,34)26-2/h3-7,9-11,16-17,20-21,26,31-32H,8,25H2,1-2H3,(H,27,28,29)/t16-,17-,20+,21+,23+/m1/s1. The first-order chi connectivity index (χ1) is 17.4. The number of hydrogen-bond acceptors (Lipinski definition) is 11. The third-order valence-corrected chi connectivity index (χ3v) is 8.68. The van der Waals surface area contributed by atoms with Crippen molar-refractivity contribution in [3.05, 3.63) is 74.3 Å². The van der Waals surface area contributed by atoms with Crippen LogP contribution >= 0.6 is 27.3 Å². The third-order valence-electron chi connectivity index (χ3n) is 6.26. The van der Waals surface area contributed by atoms with Gasteiger partial charge in [-0.3, -0.25) is 8.98 Å². The van der Waals surface area contributed by atoms with E-state index in [0.29, 0.717) is 4.88 Å². The molecule has 1 aromatic carbocycles. The first kappa shape index (κ1) is 27.7. The molecule has 0 aliphatic heterocycles. The third kappa shape index (κ3) is 5.91. The van der Waals surface area contributed by atoms with E-state index in [2.05, 4.69) is 31.2 Å². The van der Waals surface area contributed by atoms with Crippen LogP contribution in [-0.2, 0) is 20.0 Å². The second-order valence-corrected chi connectivity index (χ2v) is 12.1. The molecule has 0 bridgehead atoms. The number of thiophene rings is 1. The molecule has 6 N–H and O–H groups in total. The zero-order valence-electron chi connectivity index (χ0n) is 19.8. The molecule has 0 spiro atoms. The van der Waals surface area contributed by atoms with Gasteiger partial charge in [0.1, 0.15) is 30.5 Å². The largest absolute Gasteiger partial charge is 0.388 e. The van der Waals surface area contributed by atoms with Crippen LogP contribution in [0, 0.1) is 0 Å². The van der Waals surface area contributed by atoms with Crippen LogP contribution in [0.5, 0.6) is 0 Å². The maximum absolute atomic E-state index is 13.4. The molecule has 1 saturated carbocycles. The summed E-state index contributed by atoms with van der Waals surface area (Å²) in [4.78, 5) is 21.9. The lowest BCUT2D eigenvalue weighted by Crippen LogP contribution is -2.38. The van der Waals surface area contributed by atoms with Gasteiger partial charge in [-0.15, -0.1) is 11.3 Å².